The van der Waals surface area contributed by atoms with Crippen molar-refractivity contribution in [2.75, 3.05) is 38.5 Å². The number of para-hydroxylation sites is 2. The normalized spacial score (nSPS) is 10.5. The van der Waals surface area contributed by atoms with Gasteiger partial charge in [0.15, 0.2) is 0 Å². The van der Waals surface area contributed by atoms with Crippen LogP contribution in [0.3, 0.4) is 0 Å². The van der Waals surface area contributed by atoms with E-state index in [9.17, 15) is 14.7 Å². The third-order valence-electron chi connectivity index (χ3n) is 5.53. The SMILES string of the molecule is CCc1ccc(OCON(N)c2ccccc2N)cc1.COc1ccc(COC(=O)CNC(=O)OC(C)(C)O)c(OC)c1. The second-order valence-corrected chi connectivity index (χ2v) is 9.30. The van der Waals surface area contributed by atoms with Crippen molar-refractivity contribution in [2.24, 2.45) is 5.84 Å². The number of alkyl carbamates (subject to hydrolysis) is 1. The minimum absolute atomic E-state index is 0.0102. The zero-order chi connectivity index (χ0) is 31.8. The Bertz CT molecular complexity index is 1300. The van der Waals surface area contributed by atoms with Crippen molar-refractivity contribution < 1.29 is 43.2 Å². The van der Waals surface area contributed by atoms with E-state index in [-0.39, 0.29) is 19.9 Å². The number of benzene rings is 3. The lowest BCUT2D eigenvalue weighted by atomic mass is 10.2. The molecule has 3 rings (SSSR count). The highest BCUT2D eigenvalue weighted by atomic mass is 16.8. The first-order valence-corrected chi connectivity index (χ1v) is 13.3. The maximum Gasteiger partial charge on any atom is 0.410 e. The third kappa shape index (κ3) is 12.8. The molecule has 0 aliphatic carbocycles. The summed E-state index contributed by atoms with van der Waals surface area (Å²) in [5.74, 6) is 5.35. The predicted molar refractivity (Wildman–Crippen MR) is 160 cm³/mol. The molecule has 0 heterocycles. The van der Waals surface area contributed by atoms with Crippen molar-refractivity contribution in [1.82, 2.24) is 5.32 Å². The number of aryl methyl sites for hydroxylation is 1. The zero-order valence-electron chi connectivity index (χ0n) is 25.0. The van der Waals surface area contributed by atoms with Crippen LogP contribution < -0.4 is 36.3 Å². The summed E-state index contributed by atoms with van der Waals surface area (Å²) in [7, 11) is 3.03. The Labute approximate surface area is 251 Å². The number of hydrogen-bond donors (Lipinski definition) is 4. The van der Waals surface area contributed by atoms with Gasteiger partial charge in [0.1, 0.15) is 36.1 Å². The van der Waals surface area contributed by atoms with Gasteiger partial charge >= 0.3 is 12.1 Å². The van der Waals surface area contributed by atoms with Crippen LogP contribution in [-0.2, 0) is 32.1 Å². The van der Waals surface area contributed by atoms with Crippen LogP contribution in [0.1, 0.15) is 31.9 Å². The Balaban J connectivity index is 0.000000303. The molecule has 1 amide bonds. The van der Waals surface area contributed by atoms with Crippen LogP contribution in [0.5, 0.6) is 17.2 Å². The molecule has 3 aromatic carbocycles. The molecule has 0 radical (unpaired) electrons. The molecule has 0 atom stereocenters. The summed E-state index contributed by atoms with van der Waals surface area (Å²) >= 11 is 0. The fraction of sp³-hybridized carbons (Fsp3) is 0.333. The summed E-state index contributed by atoms with van der Waals surface area (Å²) in [5, 5.41) is 12.6. The average molecular weight is 601 g/mol. The molecule has 0 saturated carbocycles. The largest absolute Gasteiger partial charge is 0.497 e. The van der Waals surface area contributed by atoms with Crippen molar-refractivity contribution in [3.63, 3.8) is 0 Å². The minimum Gasteiger partial charge on any atom is -0.497 e. The molecule has 43 heavy (non-hydrogen) atoms. The molecule has 3 aromatic rings. The number of methoxy groups -OCH3 is 2. The Morgan fingerprint density at radius 3 is 2.26 bits per heavy atom. The van der Waals surface area contributed by atoms with Gasteiger partial charge in [-0.15, -0.1) is 0 Å². The minimum atomic E-state index is -1.62. The van der Waals surface area contributed by atoms with Crippen LogP contribution in [0, 0.1) is 0 Å². The number of esters is 1. The van der Waals surface area contributed by atoms with Gasteiger partial charge in [-0.25, -0.2) is 15.5 Å². The van der Waals surface area contributed by atoms with E-state index in [4.69, 9.17) is 35.4 Å². The second kappa shape index (κ2) is 17.3. The first-order valence-electron chi connectivity index (χ1n) is 13.3. The van der Waals surface area contributed by atoms with Crippen LogP contribution >= 0.6 is 0 Å². The highest BCUT2D eigenvalue weighted by Crippen LogP contribution is 2.25. The fourth-order valence-electron chi connectivity index (χ4n) is 3.32. The molecule has 0 saturated heterocycles. The predicted octanol–water partition coefficient (Wildman–Crippen LogP) is 3.68. The summed E-state index contributed by atoms with van der Waals surface area (Å²) in [6.07, 6.45) is 0.0807. The summed E-state index contributed by atoms with van der Waals surface area (Å²) in [6, 6.07) is 20.1. The number of aliphatic hydroxyl groups is 1. The fourth-order valence-corrected chi connectivity index (χ4v) is 3.32. The Hall–Kier alpha value is -4.72. The van der Waals surface area contributed by atoms with Gasteiger partial charge in [-0.3, -0.25) is 4.79 Å². The smallest absolute Gasteiger partial charge is 0.410 e. The Morgan fingerprint density at radius 2 is 1.65 bits per heavy atom. The van der Waals surface area contributed by atoms with E-state index in [0.29, 0.717) is 28.4 Å². The lowest BCUT2D eigenvalue weighted by Crippen LogP contribution is -2.37. The molecular weight excluding hydrogens is 560 g/mol. The maximum absolute atomic E-state index is 11.6. The molecule has 0 aromatic heterocycles. The monoisotopic (exact) mass is 600 g/mol. The van der Waals surface area contributed by atoms with Crippen molar-refractivity contribution >= 4 is 23.4 Å². The average Bonchev–Trinajstić information content (AvgIpc) is 2.98. The van der Waals surface area contributed by atoms with Gasteiger partial charge in [-0.1, -0.05) is 31.2 Å². The van der Waals surface area contributed by atoms with Crippen molar-refractivity contribution in [3.05, 3.63) is 77.9 Å². The number of carbonyl (C=O) groups is 2. The van der Waals surface area contributed by atoms with Crippen LogP contribution in [0.15, 0.2) is 66.7 Å². The topological polar surface area (TPSA) is 177 Å². The molecule has 0 aliphatic heterocycles. The number of rotatable bonds is 13. The molecule has 0 unspecified atom stereocenters. The molecule has 6 N–H and O–H groups in total. The van der Waals surface area contributed by atoms with E-state index in [1.807, 2.05) is 36.4 Å². The molecule has 0 aliphatic rings. The highest BCUT2D eigenvalue weighted by molar-refractivity contribution is 5.78. The van der Waals surface area contributed by atoms with Gasteiger partial charge in [0.05, 0.1) is 19.9 Å². The molecule has 0 spiro atoms. The Morgan fingerprint density at radius 1 is 0.977 bits per heavy atom. The van der Waals surface area contributed by atoms with E-state index < -0.39 is 17.8 Å². The van der Waals surface area contributed by atoms with Gasteiger partial charge in [-0.05, 0) is 48.4 Å². The van der Waals surface area contributed by atoms with Crippen LogP contribution in [0.2, 0.25) is 0 Å². The second-order valence-electron chi connectivity index (χ2n) is 9.30. The Kier molecular flexibility index (Phi) is 13.9. The van der Waals surface area contributed by atoms with Crippen molar-refractivity contribution in [1.29, 1.82) is 0 Å². The number of hydrazine groups is 1. The number of nitrogens with zero attached hydrogens (tertiary/aromatic N) is 1. The maximum atomic E-state index is 11.6. The van der Waals surface area contributed by atoms with E-state index in [1.165, 1.54) is 33.6 Å². The molecule has 13 heteroatoms. The standard InChI is InChI=1S/C15H19N3O2.C15H21NO7/c1-2-12-7-9-13(10-8-12)19-11-20-18(17)15-6-4-3-5-14(15)16;1-15(2,19)23-14(18)16-8-13(17)22-9-10-5-6-11(20-3)7-12(10)21-4/h3-10H,2,11,16-17H2,1H3;5-7,19H,8-9H2,1-4H3,(H,16,18). The number of nitrogen functional groups attached to an aromatic ring is 1. The van der Waals surface area contributed by atoms with Gasteiger partial charge in [0.25, 0.3) is 0 Å². The first kappa shape index (κ1) is 34.5. The zero-order valence-corrected chi connectivity index (χ0v) is 25.0. The van der Waals surface area contributed by atoms with E-state index in [0.717, 1.165) is 17.3 Å². The summed E-state index contributed by atoms with van der Waals surface area (Å²) in [4.78, 5) is 28.1. The number of nitrogens with one attached hydrogen (secondary N) is 1. The van der Waals surface area contributed by atoms with E-state index in [1.54, 1.807) is 30.3 Å². The highest BCUT2D eigenvalue weighted by Gasteiger charge is 2.19. The first-order chi connectivity index (χ1) is 20.4. The summed E-state index contributed by atoms with van der Waals surface area (Å²) in [6.45, 7) is 4.30. The lowest BCUT2D eigenvalue weighted by molar-refractivity contribution is -0.145. The van der Waals surface area contributed by atoms with Crippen LogP contribution in [0.25, 0.3) is 0 Å². The molecule has 13 nitrogen and oxygen atoms in total. The van der Waals surface area contributed by atoms with Gasteiger partial charge in [-0.2, -0.15) is 5.17 Å². The molecule has 0 bridgehead atoms. The van der Waals surface area contributed by atoms with E-state index >= 15 is 0 Å². The van der Waals surface area contributed by atoms with E-state index in [2.05, 4.69) is 17.0 Å². The quantitative estimate of drug-likeness (QED) is 0.0737. The molecule has 0 fully saturated rings. The number of anilines is 2. The van der Waals surface area contributed by atoms with Gasteiger partial charge in [0, 0.05) is 25.5 Å². The molecule has 234 valence electrons. The lowest BCUT2D eigenvalue weighted by Gasteiger charge is -2.19. The van der Waals surface area contributed by atoms with Gasteiger partial charge < -0.3 is 39.8 Å². The number of hydrogen-bond acceptors (Lipinski definition) is 12. The van der Waals surface area contributed by atoms with Crippen LogP contribution in [-0.4, -0.2) is 50.5 Å². The van der Waals surface area contributed by atoms with Crippen molar-refractivity contribution in [2.45, 2.75) is 39.6 Å². The third-order valence-corrected chi connectivity index (χ3v) is 5.53. The number of amides is 1. The summed E-state index contributed by atoms with van der Waals surface area (Å²) < 4.78 is 25.3. The summed E-state index contributed by atoms with van der Waals surface area (Å²) in [5.41, 5.74) is 8.85. The van der Waals surface area contributed by atoms with Crippen molar-refractivity contribution in [3.8, 4) is 17.2 Å². The molecular formula is C30H40N4O9. The number of ether oxygens (including phenoxy) is 5. The number of nitrogens with two attached hydrogens (primary N) is 2. The van der Waals surface area contributed by atoms with Gasteiger partial charge in [0.2, 0.25) is 12.6 Å². The number of carbonyl (C=O) groups excluding carboxylic acids is 2. The van der Waals surface area contributed by atoms with Crippen LogP contribution in [0.4, 0.5) is 16.2 Å².